The van der Waals surface area contributed by atoms with E-state index in [1.165, 1.54) is 5.56 Å². The second kappa shape index (κ2) is 8.02. The summed E-state index contributed by atoms with van der Waals surface area (Å²) in [4.78, 5) is 4.21. The van der Waals surface area contributed by atoms with Crippen molar-refractivity contribution < 1.29 is 4.74 Å². The molecule has 2 rings (SSSR count). The summed E-state index contributed by atoms with van der Waals surface area (Å²) in [6.07, 6.45) is 2.74. The van der Waals surface area contributed by atoms with Gasteiger partial charge in [0.05, 0.1) is 6.61 Å². The number of ether oxygens (including phenoxy) is 1. The molecule has 4 heteroatoms. The molecule has 1 aromatic heterocycles. The molecule has 3 nitrogen and oxygen atoms in total. The van der Waals surface area contributed by atoms with Gasteiger partial charge in [-0.25, -0.2) is 4.98 Å². The molecule has 0 radical (unpaired) electrons. The zero-order valence-corrected chi connectivity index (χ0v) is 13.2. The lowest BCUT2D eigenvalue weighted by Gasteiger charge is -2.07. The van der Waals surface area contributed by atoms with Crippen LogP contribution in [0.5, 0.6) is 5.88 Å². The van der Waals surface area contributed by atoms with Crippen LogP contribution < -0.4 is 10.1 Å². The molecular formula is C16H19BrN2O. The molecule has 106 valence electrons. The summed E-state index contributed by atoms with van der Waals surface area (Å²) in [5.74, 6) is 0.689. The SMILES string of the molecule is Cc1cc(OCCCNCc2ccccc2)ncc1Br. The molecule has 0 fully saturated rings. The molecule has 0 aliphatic rings. The van der Waals surface area contributed by atoms with Gasteiger partial charge < -0.3 is 10.1 Å². The summed E-state index contributed by atoms with van der Waals surface area (Å²) < 4.78 is 6.63. The van der Waals surface area contributed by atoms with Crippen molar-refractivity contribution in [3.8, 4) is 5.88 Å². The highest BCUT2D eigenvalue weighted by molar-refractivity contribution is 9.10. The molecule has 20 heavy (non-hydrogen) atoms. The van der Waals surface area contributed by atoms with E-state index in [0.717, 1.165) is 29.5 Å². The Balaban J connectivity index is 1.61. The van der Waals surface area contributed by atoms with Crippen molar-refractivity contribution in [2.24, 2.45) is 0 Å². The molecule has 2 aromatic rings. The van der Waals surface area contributed by atoms with Crippen LogP contribution in [0.2, 0.25) is 0 Å². The Morgan fingerprint density at radius 1 is 1.25 bits per heavy atom. The Bertz CT molecular complexity index is 531. The number of aryl methyl sites for hydroxylation is 1. The minimum absolute atomic E-state index is 0.676. The van der Waals surface area contributed by atoms with Crippen molar-refractivity contribution in [1.29, 1.82) is 0 Å². The molecule has 0 amide bonds. The first-order chi connectivity index (χ1) is 9.75. The van der Waals surface area contributed by atoms with Gasteiger partial charge in [0.2, 0.25) is 5.88 Å². The van der Waals surface area contributed by atoms with Crippen molar-refractivity contribution in [3.05, 3.63) is 58.2 Å². The average Bonchev–Trinajstić information content (AvgIpc) is 2.47. The van der Waals surface area contributed by atoms with Gasteiger partial charge in [0.15, 0.2) is 0 Å². The van der Waals surface area contributed by atoms with Gasteiger partial charge in [-0.3, -0.25) is 0 Å². The van der Waals surface area contributed by atoms with Gasteiger partial charge in [-0.1, -0.05) is 30.3 Å². The highest BCUT2D eigenvalue weighted by Gasteiger charge is 1.99. The average molecular weight is 335 g/mol. The van der Waals surface area contributed by atoms with Gasteiger partial charge in [0.25, 0.3) is 0 Å². The van der Waals surface area contributed by atoms with Crippen LogP contribution in [0.3, 0.4) is 0 Å². The highest BCUT2D eigenvalue weighted by Crippen LogP contribution is 2.18. The van der Waals surface area contributed by atoms with E-state index in [9.17, 15) is 0 Å². The van der Waals surface area contributed by atoms with E-state index in [1.54, 1.807) is 6.20 Å². The molecule has 1 aromatic carbocycles. The van der Waals surface area contributed by atoms with E-state index in [-0.39, 0.29) is 0 Å². The monoisotopic (exact) mass is 334 g/mol. The molecule has 0 spiro atoms. The minimum Gasteiger partial charge on any atom is -0.478 e. The van der Waals surface area contributed by atoms with Crippen LogP contribution >= 0.6 is 15.9 Å². The van der Waals surface area contributed by atoms with Gasteiger partial charge in [-0.2, -0.15) is 0 Å². The largest absolute Gasteiger partial charge is 0.478 e. The van der Waals surface area contributed by atoms with Crippen LogP contribution in [0.15, 0.2) is 47.1 Å². The topological polar surface area (TPSA) is 34.1 Å². The Morgan fingerprint density at radius 2 is 2.05 bits per heavy atom. The minimum atomic E-state index is 0.676. The van der Waals surface area contributed by atoms with E-state index in [4.69, 9.17) is 4.74 Å². The van der Waals surface area contributed by atoms with Crippen LogP contribution in [0.4, 0.5) is 0 Å². The molecule has 0 unspecified atom stereocenters. The Hall–Kier alpha value is -1.39. The maximum absolute atomic E-state index is 5.62. The van der Waals surface area contributed by atoms with Crippen LogP contribution in [0, 0.1) is 6.92 Å². The van der Waals surface area contributed by atoms with E-state index < -0.39 is 0 Å². The van der Waals surface area contributed by atoms with Crippen molar-refractivity contribution in [2.45, 2.75) is 19.9 Å². The first kappa shape index (κ1) is 15.0. The number of benzene rings is 1. The van der Waals surface area contributed by atoms with E-state index in [2.05, 4.69) is 50.5 Å². The van der Waals surface area contributed by atoms with Crippen molar-refractivity contribution >= 4 is 15.9 Å². The smallest absolute Gasteiger partial charge is 0.213 e. The fraction of sp³-hybridized carbons (Fsp3) is 0.312. The molecule has 0 aliphatic heterocycles. The summed E-state index contributed by atoms with van der Waals surface area (Å²) in [5.41, 5.74) is 2.44. The summed E-state index contributed by atoms with van der Waals surface area (Å²) in [5, 5.41) is 3.40. The molecule has 1 heterocycles. The molecule has 0 saturated carbocycles. The van der Waals surface area contributed by atoms with Gasteiger partial charge in [-0.05, 0) is 46.9 Å². The second-order valence-corrected chi connectivity index (χ2v) is 5.49. The Morgan fingerprint density at radius 3 is 2.80 bits per heavy atom. The normalized spacial score (nSPS) is 10.5. The zero-order chi connectivity index (χ0) is 14.2. The third-order valence-corrected chi connectivity index (χ3v) is 3.77. The molecule has 0 bridgehead atoms. The quantitative estimate of drug-likeness (QED) is 0.783. The van der Waals surface area contributed by atoms with E-state index in [1.807, 2.05) is 19.1 Å². The lowest BCUT2D eigenvalue weighted by atomic mass is 10.2. The highest BCUT2D eigenvalue weighted by atomic mass is 79.9. The number of hydrogen-bond acceptors (Lipinski definition) is 3. The fourth-order valence-corrected chi connectivity index (χ4v) is 2.01. The first-order valence-corrected chi connectivity index (χ1v) is 7.54. The molecular weight excluding hydrogens is 316 g/mol. The fourth-order valence-electron chi connectivity index (χ4n) is 1.79. The second-order valence-electron chi connectivity index (χ2n) is 4.64. The first-order valence-electron chi connectivity index (χ1n) is 6.75. The third kappa shape index (κ3) is 4.94. The zero-order valence-electron chi connectivity index (χ0n) is 11.6. The third-order valence-electron chi connectivity index (χ3n) is 2.94. The molecule has 0 saturated heterocycles. The van der Waals surface area contributed by atoms with Gasteiger partial charge in [-0.15, -0.1) is 0 Å². The number of halogens is 1. The number of aromatic nitrogens is 1. The van der Waals surface area contributed by atoms with Crippen molar-refractivity contribution in [3.63, 3.8) is 0 Å². The number of hydrogen-bond donors (Lipinski definition) is 1. The van der Waals surface area contributed by atoms with Crippen LogP contribution in [0.25, 0.3) is 0 Å². The summed E-state index contributed by atoms with van der Waals surface area (Å²) in [6, 6.07) is 12.3. The Labute approximate surface area is 128 Å². The van der Waals surface area contributed by atoms with E-state index >= 15 is 0 Å². The maximum atomic E-state index is 5.62. The lowest BCUT2D eigenvalue weighted by molar-refractivity contribution is 0.296. The predicted octanol–water partition coefficient (Wildman–Crippen LogP) is 3.71. The Kier molecular flexibility index (Phi) is 6.02. The predicted molar refractivity (Wildman–Crippen MR) is 84.9 cm³/mol. The van der Waals surface area contributed by atoms with E-state index in [0.29, 0.717) is 12.5 Å². The standard InChI is InChI=1S/C16H19BrN2O/c1-13-10-16(19-12-15(13)17)20-9-5-8-18-11-14-6-3-2-4-7-14/h2-4,6-7,10,12,18H,5,8-9,11H2,1H3. The van der Waals surface area contributed by atoms with Crippen LogP contribution in [-0.2, 0) is 6.54 Å². The van der Waals surface area contributed by atoms with Crippen LogP contribution in [0.1, 0.15) is 17.5 Å². The molecule has 1 N–H and O–H groups in total. The lowest BCUT2D eigenvalue weighted by Crippen LogP contribution is -2.17. The summed E-state index contributed by atoms with van der Waals surface area (Å²) in [7, 11) is 0. The number of pyridine rings is 1. The van der Waals surface area contributed by atoms with Gasteiger partial charge in [0.1, 0.15) is 0 Å². The van der Waals surface area contributed by atoms with Gasteiger partial charge in [0, 0.05) is 23.3 Å². The van der Waals surface area contributed by atoms with Crippen LogP contribution in [-0.4, -0.2) is 18.1 Å². The van der Waals surface area contributed by atoms with Crippen molar-refractivity contribution in [2.75, 3.05) is 13.2 Å². The summed E-state index contributed by atoms with van der Waals surface area (Å²) in [6.45, 7) is 4.54. The summed E-state index contributed by atoms with van der Waals surface area (Å²) >= 11 is 3.43. The number of nitrogens with zero attached hydrogens (tertiary/aromatic N) is 1. The van der Waals surface area contributed by atoms with Gasteiger partial charge >= 0.3 is 0 Å². The maximum Gasteiger partial charge on any atom is 0.213 e. The molecule has 0 aliphatic carbocycles. The number of nitrogens with one attached hydrogen (secondary N) is 1. The molecule has 0 atom stereocenters. The van der Waals surface area contributed by atoms with Crippen molar-refractivity contribution in [1.82, 2.24) is 10.3 Å². The number of rotatable bonds is 7.